The smallest absolute Gasteiger partial charge is 0.0170 e. The van der Waals surface area contributed by atoms with Crippen molar-refractivity contribution in [3.63, 3.8) is 0 Å². The summed E-state index contributed by atoms with van der Waals surface area (Å²) in [6.45, 7) is 3.78. The molecule has 2 aliphatic rings. The molecule has 0 bridgehead atoms. The average Bonchev–Trinajstić information content (AvgIpc) is 2.76. The summed E-state index contributed by atoms with van der Waals surface area (Å²) in [7, 11) is 0. The third-order valence-electron chi connectivity index (χ3n) is 3.79. The molecule has 3 heteroatoms. The Morgan fingerprint density at radius 3 is 2.82 bits per heavy atom. The SMILES string of the molecule is BrC1CCN(CC2CSc3ccccc32)CC1. The number of halogens is 1. The number of likely N-dealkylation sites (tertiary alicyclic amines) is 1. The van der Waals surface area contributed by atoms with Crippen LogP contribution in [0.4, 0.5) is 0 Å². The lowest BCUT2D eigenvalue weighted by molar-refractivity contribution is 0.225. The lowest BCUT2D eigenvalue weighted by atomic mass is 9.99. The molecule has 2 aliphatic heterocycles. The number of benzene rings is 1. The molecule has 0 aliphatic carbocycles. The van der Waals surface area contributed by atoms with Crippen molar-refractivity contribution in [2.75, 3.05) is 25.4 Å². The van der Waals surface area contributed by atoms with Crippen LogP contribution in [0, 0.1) is 0 Å². The first-order valence-corrected chi connectivity index (χ1v) is 8.31. The van der Waals surface area contributed by atoms with Crippen molar-refractivity contribution in [2.45, 2.75) is 28.5 Å². The molecule has 1 nitrogen and oxygen atoms in total. The van der Waals surface area contributed by atoms with Crippen molar-refractivity contribution in [1.82, 2.24) is 4.90 Å². The van der Waals surface area contributed by atoms with Gasteiger partial charge in [-0.3, -0.25) is 0 Å². The molecule has 0 saturated carbocycles. The van der Waals surface area contributed by atoms with Gasteiger partial charge in [0.2, 0.25) is 0 Å². The molecular formula is C14H18BrNS. The van der Waals surface area contributed by atoms with Gasteiger partial charge in [0, 0.05) is 27.9 Å². The van der Waals surface area contributed by atoms with E-state index in [2.05, 4.69) is 45.1 Å². The van der Waals surface area contributed by atoms with Gasteiger partial charge in [-0.05, 0) is 37.6 Å². The number of piperidine rings is 1. The van der Waals surface area contributed by atoms with Gasteiger partial charge in [-0.25, -0.2) is 0 Å². The second kappa shape index (κ2) is 5.33. The Labute approximate surface area is 116 Å². The van der Waals surface area contributed by atoms with Crippen molar-refractivity contribution in [3.05, 3.63) is 29.8 Å². The minimum Gasteiger partial charge on any atom is -0.303 e. The number of hydrogen-bond acceptors (Lipinski definition) is 2. The van der Waals surface area contributed by atoms with Gasteiger partial charge in [-0.15, -0.1) is 11.8 Å². The largest absolute Gasteiger partial charge is 0.303 e. The summed E-state index contributed by atoms with van der Waals surface area (Å²) in [6, 6.07) is 8.93. The molecule has 1 unspecified atom stereocenters. The van der Waals surface area contributed by atoms with Gasteiger partial charge >= 0.3 is 0 Å². The van der Waals surface area contributed by atoms with E-state index in [0.29, 0.717) is 0 Å². The number of nitrogens with zero attached hydrogens (tertiary/aromatic N) is 1. The maximum Gasteiger partial charge on any atom is 0.0170 e. The highest BCUT2D eigenvalue weighted by atomic mass is 79.9. The molecule has 0 radical (unpaired) electrons. The summed E-state index contributed by atoms with van der Waals surface area (Å²) < 4.78 is 0. The summed E-state index contributed by atoms with van der Waals surface area (Å²) in [6.07, 6.45) is 2.61. The highest BCUT2D eigenvalue weighted by Crippen LogP contribution is 2.39. The Morgan fingerprint density at radius 2 is 2.00 bits per heavy atom. The molecule has 2 heterocycles. The molecular weight excluding hydrogens is 294 g/mol. The molecule has 1 aromatic carbocycles. The second-order valence-corrected chi connectivity index (χ2v) is 7.38. The molecule has 0 spiro atoms. The van der Waals surface area contributed by atoms with Gasteiger partial charge in [-0.2, -0.15) is 0 Å². The van der Waals surface area contributed by atoms with Crippen LogP contribution in [0.1, 0.15) is 24.3 Å². The van der Waals surface area contributed by atoms with Gasteiger partial charge < -0.3 is 4.90 Å². The van der Waals surface area contributed by atoms with Gasteiger partial charge in [0.1, 0.15) is 0 Å². The van der Waals surface area contributed by atoms with Gasteiger partial charge in [0.15, 0.2) is 0 Å². The zero-order valence-electron chi connectivity index (χ0n) is 9.94. The Kier molecular flexibility index (Phi) is 3.78. The summed E-state index contributed by atoms with van der Waals surface area (Å²) in [5.41, 5.74) is 1.58. The van der Waals surface area contributed by atoms with E-state index in [0.717, 1.165) is 10.7 Å². The van der Waals surface area contributed by atoms with E-state index in [9.17, 15) is 0 Å². The fourth-order valence-corrected chi connectivity index (χ4v) is 4.43. The van der Waals surface area contributed by atoms with E-state index < -0.39 is 0 Å². The van der Waals surface area contributed by atoms with Crippen LogP contribution in [0.25, 0.3) is 0 Å². The lowest BCUT2D eigenvalue weighted by Crippen LogP contribution is -2.36. The van der Waals surface area contributed by atoms with Crippen LogP contribution >= 0.6 is 27.7 Å². The maximum absolute atomic E-state index is 3.72. The summed E-state index contributed by atoms with van der Waals surface area (Å²) >= 11 is 5.75. The molecule has 1 fully saturated rings. The van der Waals surface area contributed by atoms with E-state index in [1.54, 1.807) is 5.56 Å². The van der Waals surface area contributed by atoms with Crippen LogP contribution in [0.15, 0.2) is 29.2 Å². The van der Waals surface area contributed by atoms with Crippen molar-refractivity contribution in [1.29, 1.82) is 0 Å². The first-order chi connectivity index (χ1) is 8.33. The van der Waals surface area contributed by atoms with E-state index in [1.807, 2.05) is 11.8 Å². The third-order valence-corrected chi connectivity index (χ3v) is 5.96. The Morgan fingerprint density at radius 1 is 1.24 bits per heavy atom. The summed E-state index contributed by atoms with van der Waals surface area (Å²) in [5.74, 6) is 2.02. The van der Waals surface area contributed by atoms with E-state index in [1.165, 1.54) is 43.1 Å². The highest BCUT2D eigenvalue weighted by molar-refractivity contribution is 9.09. The molecule has 0 N–H and O–H groups in total. The lowest BCUT2D eigenvalue weighted by Gasteiger charge is -2.31. The first kappa shape index (κ1) is 12.1. The maximum atomic E-state index is 3.72. The molecule has 17 heavy (non-hydrogen) atoms. The third kappa shape index (κ3) is 2.72. The van der Waals surface area contributed by atoms with Crippen LogP contribution in [-0.4, -0.2) is 35.1 Å². The van der Waals surface area contributed by atoms with Crippen LogP contribution in [0.2, 0.25) is 0 Å². The minimum atomic E-state index is 0.753. The fourth-order valence-electron chi connectivity index (χ4n) is 2.78. The molecule has 0 aromatic heterocycles. The molecule has 1 aromatic rings. The quantitative estimate of drug-likeness (QED) is 0.766. The van der Waals surface area contributed by atoms with Crippen LogP contribution in [0.5, 0.6) is 0 Å². The van der Waals surface area contributed by atoms with Gasteiger partial charge in [0.05, 0.1) is 0 Å². The standard InChI is InChI=1S/C14H18BrNS/c15-12-5-7-16(8-6-12)9-11-10-17-14-4-2-1-3-13(11)14/h1-4,11-12H,5-10H2. The van der Waals surface area contributed by atoms with Crippen molar-refractivity contribution < 1.29 is 0 Å². The molecule has 0 amide bonds. The predicted molar refractivity (Wildman–Crippen MR) is 78.3 cm³/mol. The molecule has 92 valence electrons. The van der Waals surface area contributed by atoms with Crippen LogP contribution < -0.4 is 0 Å². The van der Waals surface area contributed by atoms with Gasteiger partial charge in [-0.1, -0.05) is 34.1 Å². The van der Waals surface area contributed by atoms with Crippen molar-refractivity contribution in [2.24, 2.45) is 0 Å². The monoisotopic (exact) mass is 311 g/mol. The highest BCUT2D eigenvalue weighted by Gasteiger charge is 2.26. The second-order valence-electron chi connectivity index (χ2n) is 5.02. The molecule has 1 atom stereocenters. The average molecular weight is 312 g/mol. The Hall–Kier alpha value is 0.0100. The van der Waals surface area contributed by atoms with E-state index in [4.69, 9.17) is 0 Å². The van der Waals surface area contributed by atoms with Crippen molar-refractivity contribution >= 4 is 27.7 Å². The van der Waals surface area contributed by atoms with Crippen LogP contribution in [-0.2, 0) is 0 Å². The molecule has 1 saturated heterocycles. The number of fused-ring (bicyclic) bond motifs is 1. The van der Waals surface area contributed by atoms with Crippen molar-refractivity contribution in [3.8, 4) is 0 Å². The Bertz CT molecular complexity index is 388. The number of alkyl halides is 1. The zero-order chi connectivity index (χ0) is 11.7. The predicted octanol–water partition coefficient (Wildman–Crippen LogP) is 3.74. The van der Waals surface area contributed by atoms with Gasteiger partial charge in [0.25, 0.3) is 0 Å². The van der Waals surface area contributed by atoms with E-state index in [-0.39, 0.29) is 0 Å². The zero-order valence-corrected chi connectivity index (χ0v) is 12.3. The van der Waals surface area contributed by atoms with E-state index >= 15 is 0 Å². The first-order valence-electron chi connectivity index (χ1n) is 6.41. The summed E-state index contributed by atoms with van der Waals surface area (Å²) in [5, 5.41) is 0. The minimum absolute atomic E-state index is 0.753. The number of thioether (sulfide) groups is 1. The topological polar surface area (TPSA) is 3.24 Å². The fraction of sp³-hybridized carbons (Fsp3) is 0.571. The molecule has 3 rings (SSSR count). The normalized spacial score (nSPS) is 26.1. The Balaban J connectivity index is 1.64. The van der Waals surface area contributed by atoms with Crippen LogP contribution in [0.3, 0.4) is 0 Å². The number of rotatable bonds is 2. The number of hydrogen-bond donors (Lipinski definition) is 0. The summed E-state index contributed by atoms with van der Waals surface area (Å²) in [4.78, 5) is 4.90.